The molecule has 1 aliphatic carbocycles. The van der Waals surface area contributed by atoms with E-state index in [4.69, 9.17) is 5.73 Å². The molecule has 2 rings (SSSR count). The Morgan fingerprint density at radius 3 is 2.94 bits per heavy atom. The van der Waals surface area contributed by atoms with Gasteiger partial charge in [0.1, 0.15) is 0 Å². The summed E-state index contributed by atoms with van der Waals surface area (Å²) in [5, 5.41) is 0. The van der Waals surface area contributed by atoms with Crippen molar-refractivity contribution >= 4 is 0 Å². The van der Waals surface area contributed by atoms with Crippen LogP contribution in [0.1, 0.15) is 49.9 Å². The minimum absolute atomic E-state index is 0.138. The lowest BCUT2D eigenvalue weighted by Gasteiger charge is -2.25. The molecule has 0 fully saturated rings. The molecule has 0 spiro atoms. The molecule has 0 bridgehead atoms. The van der Waals surface area contributed by atoms with Crippen LogP contribution in [0.2, 0.25) is 0 Å². The summed E-state index contributed by atoms with van der Waals surface area (Å²) in [5.74, 6) is 0.722. The van der Waals surface area contributed by atoms with Crippen LogP contribution < -0.4 is 11.3 Å². The lowest BCUT2D eigenvalue weighted by molar-refractivity contribution is 0.463. The molecule has 1 heterocycles. The summed E-state index contributed by atoms with van der Waals surface area (Å²) in [6.45, 7) is 5.64. The molecule has 0 radical (unpaired) electrons. The molecule has 3 heteroatoms. The van der Waals surface area contributed by atoms with Gasteiger partial charge >= 0.3 is 0 Å². The molecule has 1 aromatic heterocycles. The second-order valence-electron chi connectivity index (χ2n) is 5.50. The van der Waals surface area contributed by atoms with Crippen molar-refractivity contribution < 1.29 is 0 Å². The summed E-state index contributed by atoms with van der Waals surface area (Å²) in [4.78, 5) is 12.3. The zero-order valence-corrected chi connectivity index (χ0v) is 11.5. The number of hydrogen-bond donors (Lipinski definition) is 1. The molecular formula is C15H24N2O. The predicted octanol–water partition coefficient (Wildman–Crippen LogP) is 2.23. The monoisotopic (exact) mass is 248 g/mol. The molecule has 0 saturated carbocycles. The van der Waals surface area contributed by atoms with Gasteiger partial charge in [0.2, 0.25) is 0 Å². The van der Waals surface area contributed by atoms with Crippen LogP contribution in [0.4, 0.5) is 0 Å². The second-order valence-corrected chi connectivity index (χ2v) is 5.50. The smallest absolute Gasteiger partial charge is 0.255 e. The van der Waals surface area contributed by atoms with Crippen LogP contribution in [0.15, 0.2) is 10.9 Å². The van der Waals surface area contributed by atoms with Crippen LogP contribution in [-0.4, -0.2) is 4.57 Å². The average Bonchev–Trinajstić information content (AvgIpc) is 2.37. The molecule has 100 valence electrons. The lowest BCUT2D eigenvalue weighted by atomic mass is 9.87. The van der Waals surface area contributed by atoms with Gasteiger partial charge in [-0.2, -0.15) is 0 Å². The van der Waals surface area contributed by atoms with Crippen LogP contribution in [0, 0.1) is 5.92 Å². The Labute approximate surface area is 109 Å². The third-order valence-corrected chi connectivity index (χ3v) is 3.96. The first-order chi connectivity index (χ1) is 8.67. The molecule has 0 amide bonds. The summed E-state index contributed by atoms with van der Waals surface area (Å²) in [5.41, 5.74) is 9.24. The van der Waals surface area contributed by atoms with Crippen molar-refractivity contribution in [2.45, 2.75) is 59.0 Å². The number of nitrogens with two attached hydrogens (primary N) is 1. The van der Waals surface area contributed by atoms with E-state index in [1.807, 2.05) is 4.57 Å². The Morgan fingerprint density at radius 2 is 2.28 bits per heavy atom. The van der Waals surface area contributed by atoms with E-state index in [9.17, 15) is 4.79 Å². The average molecular weight is 248 g/mol. The molecule has 1 aliphatic rings. The predicted molar refractivity (Wildman–Crippen MR) is 74.7 cm³/mol. The minimum Gasteiger partial charge on any atom is -0.326 e. The van der Waals surface area contributed by atoms with Crippen molar-refractivity contribution in [3.63, 3.8) is 0 Å². The van der Waals surface area contributed by atoms with Gasteiger partial charge in [0, 0.05) is 24.3 Å². The largest absolute Gasteiger partial charge is 0.326 e. The highest BCUT2D eigenvalue weighted by molar-refractivity contribution is 5.29. The van der Waals surface area contributed by atoms with Gasteiger partial charge in [0.25, 0.3) is 5.56 Å². The van der Waals surface area contributed by atoms with Gasteiger partial charge in [-0.15, -0.1) is 0 Å². The molecule has 1 unspecified atom stereocenters. The number of hydrogen-bond acceptors (Lipinski definition) is 2. The van der Waals surface area contributed by atoms with E-state index < -0.39 is 0 Å². The molecule has 0 saturated heterocycles. The third kappa shape index (κ3) is 2.51. The van der Waals surface area contributed by atoms with Crippen molar-refractivity contribution in [3.05, 3.63) is 33.2 Å². The normalized spacial score (nSPS) is 18.7. The topological polar surface area (TPSA) is 48.0 Å². The van der Waals surface area contributed by atoms with Gasteiger partial charge in [-0.1, -0.05) is 20.3 Å². The van der Waals surface area contributed by atoms with Crippen molar-refractivity contribution in [2.24, 2.45) is 11.7 Å². The SMILES string of the molecule is CCCCn1c2c(cc(CN)c1=O)CC(C)CC2. The van der Waals surface area contributed by atoms with Crippen molar-refractivity contribution in [1.29, 1.82) is 0 Å². The van der Waals surface area contributed by atoms with E-state index in [1.54, 1.807) is 0 Å². The molecular weight excluding hydrogens is 224 g/mol. The van der Waals surface area contributed by atoms with Crippen LogP contribution in [0.3, 0.4) is 0 Å². The quantitative estimate of drug-likeness (QED) is 0.888. The van der Waals surface area contributed by atoms with E-state index in [1.165, 1.54) is 17.7 Å². The Bertz CT molecular complexity index is 476. The molecule has 18 heavy (non-hydrogen) atoms. The van der Waals surface area contributed by atoms with Gasteiger partial charge in [-0.3, -0.25) is 4.79 Å². The maximum Gasteiger partial charge on any atom is 0.255 e. The van der Waals surface area contributed by atoms with Crippen LogP contribution in [0.25, 0.3) is 0 Å². The number of nitrogens with zero attached hydrogens (tertiary/aromatic N) is 1. The van der Waals surface area contributed by atoms with Gasteiger partial charge in [0.05, 0.1) is 0 Å². The summed E-state index contributed by atoms with van der Waals surface area (Å²) < 4.78 is 1.99. The van der Waals surface area contributed by atoms with Crippen molar-refractivity contribution in [2.75, 3.05) is 0 Å². The highest BCUT2D eigenvalue weighted by Gasteiger charge is 2.20. The highest BCUT2D eigenvalue weighted by Crippen LogP contribution is 2.25. The van der Waals surface area contributed by atoms with Gasteiger partial charge in [0.15, 0.2) is 0 Å². The fraction of sp³-hybridized carbons (Fsp3) is 0.667. The van der Waals surface area contributed by atoms with E-state index in [-0.39, 0.29) is 5.56 Å². The maximum atomic E-state index is 12.3. The zero-order chi connectivity index (χ0) is 13.1. The number of unbranched alkanes of at least 4 members (excludes halogenated alkanes) is 1. The van der Waals surface area contributed by atoms with E-state index in [0.717, 1.165) is 43.7 Å². The summed E-state index contributed by atoms with van der Waals surface area (Å²) >= 11 is 0. The Balaban J connectivity index is 2.47. The highest BCUT2D eigenvalue weighted by atomic mass is 16.1. The third-order valence-electron chi connectivity index (χ3n) is 3.96. The number of pyridine rings is 1. The molecule has 0 aromatic carbocycles. The van der Waals surface area contributed by atoms with Gasteiger partial charge < -0.3 is 10.3 Å². The fourth-order valence-electron chi connectivity index (χ4n) is 2.86. The van der Waals surface area contributed by atoms with Crippen LogP contribution in [0.5, 0.6) is 0 Å². The Hall–Kier alpha value is -1.09. The second kappa shape index (κ2) is 5.70. The van der Waals surface area contributed by atoms with E-state index in [0.29, 0.717) is 6.54 Å². The van der Waals surface area contributed by atoms with Crippen LogP contribution in [-0.2, 0) is 25.9 Å². The van der Waals surface area contributed by atoms with Crippen molar-refractivity contribution in [3.8, 4) is 0 Å². The summed E-state index contributed by atoms with van der Waals surface area (Å²) in [6.07, 6.45) is 5.51. The first kappa shape index (κ1) is 13.3. The minimum atomic E-state index is 0.138. The molecule has 2 N–H and O–H groups in total. The fourth-order valence-corrected chi connectivity index (χ4v) is 2.86. The Morgan fingerprint density at radius 1 is 1.50 bits per heavy atom. The zero-order valence-electron chi connectivity index (χ0n) is 11.5. The van der Waals surface area contributed by atoms with E-state index >= 15 is 0 Å². The van der Waals surface area contributed by atoms with Crippen LogP contribution >= 0.6 is 0 Å². The number of fused-ring (bicyclic) bond motifs is 1. The molecule has 0 aliphatic heterocycles. The number of rotatable bonds is 4. The summed E-state index contributed by atoms with van der Waals surface area (Å²) in [6, 6.07) is 2.05. The maximum absolute atomic E-state index is 12.3. The standard InChI is InChI=1S/C15H24N2O/c1-3-4-7-17-14-6-5-11(2)8-12(14)9-13(10-16)15(17)18/h9,11H,3-8,10,16H2,1-2H3. The van der Waals surface area contributed by atoms with Gasteiger partial charge in [-0.25, -0.2) is 0 Å². The molecule has 1 aromatic rings. The Kier molecular flexibility index (Phi) is 4.23. The van der Waals surface area contributed by atoms with E-state index in [2.05, 4.69) is 19.9 Å². The first-order valence-electron chi connectivity index (χ1n) is 7.11. The summed E-state index contributed by atoms with van der Waals surface area (Å²) in [7, 11) is 0. The molecule has 1 atom stereocenters. The van der Waals surface area contributed by atoms with Crippen molar-refractivity contribution in [1.82, 2.24) is 4.57 Å². The first-order valence-corrected chi connectivity index (χ1v) is 7.11. The lowest BCUT2D eigenvalue weighted by Crippen LogP contribution is -2.31. The number of aromatic nitrogens is 1. The molecule has 3 nitrogen and oxygen atoms in total. The van der Waals surface area contributed by atoms with Gasteiger partial charge in [-0.05, 0) is 43.2 Å².